The number of imidazole rings is 1. The van der Waals surface area contributed by atoms with Crippen molar-refractivity contribution in [3.63, 3.8) is 0 Å². The third-order valence-corrected chi connectivity index (χ3v) is 3.88. The molecule has 92 valence electrons. The lowest BCUT2D eigenvalue weighted by atomic mass is 10.4. The van der Waals surface area contributed by atoms with Crippen LogP contribution in [-0.2, 0) is 6.54 Å². The second kappa shape index (κ2) is 4.26. The van der Waals surface area contributed by atoms with E-state index in [1.165, 1.54) is 9.75 Å². The normalized spacial score (nSPS) is 11.2. The van der Waals surface area contributed by atoms with Crippen molar-refractivity contribution in [2.24, 2.45) is 0 Å². The van der Waals surface area contributed by atoms with E-state index in [1.54, 1.807) is 23.6 Å². The van der Waals surface area contributed by atoms with E-state index in [-0.39, 0.29) is 0 Å². The zero-order valence-corrected chi connectivity index (χ0v) is 11.3. The minimum absolute atomic E-state index is 0.464. The van der Waals surface area contributed by atoms with Crippen LogP contribution in [0.25, 0.3) is 11.2 Å². The molecule has 0 saturated carbocycles. The minimum atomic E-state index is 0.464. The zero-order chi connectivity index (χ0) is 12.7. The SMILES string of the molecule is Cc1ccc(Cn2c(N)nc3cc(Cl)cnc32)s1. The molecule has 2 N–H and O–H groups in total. The third-order valence-electron chi connectivity index (χ3n) is 2.69. The number of nitrogen functional groups attached to an aromatic ring is 1. The predicted octanol–water partition coefficient (Wildman–Crippen LogP) is 3.09. The maximum atomic E-state index is 5.93. The maximum absolute atomic E-state index is 5.93. The fourth-order valence-corrected chi connectivity index (χ4v) is 2.92. The van der Waals surface area contributed by atoms with Gasteiger partial charge >= 0.3 is 0 Å². The van der Waals surface area contributed by atoms with Gasteiger partial charge in [0.2, 0.25) is 5.95 Å². The standard InChI is InChI=1S/C12H11ClN4S/c1-7-2-3-9(18-7)6-17-11-10(16-12(17)14)4-8(13)5-15-11/h2-5H,6H2,1H3,(H2,14,16). The topological polar surface area (TPSA) is 56.7 Å². The number of hydrogen-bond donors (Lipinski definition) is 1. The van der Waals surface area contributed by atoms with Crippen molar-refractivity contribution in [1.82, 2.24) is 14.5 Å². The van der Waals surface area contributed by atoms with Crippen LogP contribution < -0.4 is 5.73 Å². The summed E-state index contributed by atoms with van der Waals surface area (Å²) < 4.78 is 1.90. The van der Waals surface area contributed by atoms with Gasteiger partial charge in [-0.05, 0) is 25.1 Å². The molecule has 0 aliphatic rings. The Bertz CT molecular complexity index is 716. The second-order valence-corrected chi connectivity index (χ2v) is 5.87. The first kappa shape index (κ1) is 11.5. The Labute approximate surface area is 113 Å². The summed E-state index contributed by atoms with van der Waals surface area (Å²) in [6.07, 6.45) is 1.61. The molecule has 3 aromatic heterocycles. The predicted molar refractivity (Wildman–Crippen MR) is 75.1 cm³/mol. The van der Waals surface area contributed by atoms with Gasteiger partial charge in [0.05, 0.1) is 11.6 Å². The second-order valence-electron chi connectivity index (χ2n) is 4.06. The van der Waals surface area contributed by atoms with E-state index < -0.39 is 0 Å². The number of aromatic nitrogens is 3. The summed E-state index contributed by atoms with van der Waals surface area (Å²) in [5, 5.41) is 0.569. The average molecular weight is 279 g/mol. The largest absolute Gasteiger partial charge is 0.369 e. The number of hydrogen-bond acceptors (Lipinski definition) is 4. The van der Waals surface area contributed by atoms with E-state index in [0.717, 1.165) is 11.2 Å². The van der Waals surface area contributed by atoms with Gasteiger partial charge in [0, 0.05) is 16.0 Å². The van der Waals surface area contributed by atoms with E-state index in [1.807, 2.05) is 4.57 Å². The van der Waals surface area contributed by atoms with Crippen LogP contribution in [0.5, 0.6) is 0 Å². The lowest BCUT2D eigenvalue weighted by Crippen LogP contribution is -2.04. The summed E-state index contributed by atoms with van der Waals surface area (Å²) in [5.41, 5.74) is 7.43. The minimum Gasteiger partial charge on any atom is -0.369 e. The molecular formula is C12H11ClN4S. The Balaban J connectivity index is 2.08. The first-order valence-corrected chi connectivity index (χ1v) is 6.65. The van der Waals surface area contributed by atoms with E-state index in [9.17, 15) is 0 Å². The van der Waals surface area contributed by atoms with Crippen molar-refractivity contribution in [1.29, 1.82) is 0 Å². The van der Waals surface area contributed by atoms with E-state index >= 15 is 0 Å². The summed E-state index contributed by atoms with van der Waals surface area (Å²) in [7, 11) is 0. The van der Waals surface area contributed by atoms with Crippen LogP contribution in [0.3, 0.4) is 0 Å². The molecule has 0 unspecified atom stereocenters. The number of rotatable bonds is 2. The Morgan fingerprint density at radius 2 is 2.28 bits per heavy atom. The van der Waals surface area contributed by atoms with Gasteiger partial charge in [-0.1, -0.05) is 11.6 Å². The van der Waals surface area contributed by atoms with Crippen molar-refractivity contribution >= 4 is 40.0 Å². The van der Waals surface area contributed by atoms with E-state index in [0.29, 0.717) is 17.5 Å². The highest BCUT2D eigenvalue weighted by Gasteiger charge is 2.11. The number of fused-ring (bicyclic) bond motifs is 1. The molecule has 3 aromatic rings. The molecule has 6 heteroatoms. The highest BCUT2D eigenvalue weighted by molar-refractivity contribution is 7.11. The van der Waals surface area contributed by atoms with Crippen molar-refractivity contribution in [2.45, 2.75) is 13.5 Å². The van der Waals surface area contributed by atoms with Crippen molar-refractivity contribution in [3.05, 3.63) is 39.2 Å². The molecule has 0 spiro atoms. The molecule has 0 atom stereocenters. The van der Waals surface area contributed by atoms with Crippen LogP contribution in [0.1, 0.15) is 9.75 Å². The van der Waals surface area contributed by atoms with Gasteiger partial charge in [-0.3, -0.25) is 4.57 Å². The van der Waals surface area contributed by atoms with Crippen LogP contribution in [0.15, 0.2) is 24.4 Å². The summed E-state index contributed by atoms with van der Waals surface area (Å²) in [6.45, 7) is 2.77. The Hall–Kier alpha value is -1.59. The number of pyridine rings is 1. The van der Waals surface area contributed by atoms with Crippen molar-refractivity contribution in [2.75, 3.05) is 5.73 Å². The highest BCUT2D eigenvalue weighted by Crippen LogP contribution is 2.23. The Morgan fingerprint density at radius 3 is 3.00 bits per heavy atom. The Kier molecular flexibility index (Phi) is 2.72. The van der Waals surface area contributed by atoms with Crippen LogP contribution in [0.2, 0.25) is 5.02 Å². The molecule has 4 nitrogen and oxygen atoms in total. The lowest BCUT2D eigenvalue weighted by molar-refractivity contribution is 0.841. The molecule has 0 fully saturated rings. The van der Waals surface area contributed by atoms with Gasteiger partial charge in [0.25, 0.3) is 0 Å². The van der Waals surface area contributed by atoms with Crippen molar-refractivity contribution < 1.29 is 0 Å². The van der Waals surface area contributed by atoms with E-state index in [4.69, 9.17) is 17.3 Å². The molecule has 0 radical (unpaired) electrons. The third kappa shape index (κ3) is 1.95. The summed E-state index contributed by atoms with van der Waals surface area (Å²) in [6, 6.07) is 5.97. The molecule has 0 aliphatic carbocycles. The number of nitrogens with two attached hydrogens (primary N) is 1. The van der Waals surface area contributed by atoms with Gasteiger partial charge in [0.15, 0.2) is 5.65 Å². The first-order valence-electron chi connectivity index (χ1n) is 5.46. The molecule has 0 amide bonds. The monoisotopic (exact) mass is 278 g/mol. The summed E-state index contributed by atoms with van der Waals surface area (Å²) in [4.78, 5) is 11.1. The molecule has 0 aliphatic heterocycles. The van der Waals surface area contributed by atoms with Crippen LogP contribution in [0, 0.1) is 6.92 Å². The molecular weight excluding hydrogens is 268 g/mol. The smallest absolute Gasteiger partial charge is 0.202 e. The zero-order valence-electron chi connectivity index (χ0n) is 9.72. The van der Waals surface area contributed by atoms with Crippen LogP contribution in [0.4, 0.5) is 5.95 Å². The number of nitrogens with zero attached hydrogens (tertiary/aromatic N) is 3. The van der Waals surface area contributed by atoms with Crippen LogP contribution in [-0.4, -0.2) is 14.5 Å². The Morgan fingerprint density at radius 1 is 1.44 bits per heavy atom. The lowest BCUT2D eigenvalue weighted by Gasteiger charge is -2.03. The van der Waals surface area contributed by atoms with Crippen molar-refractivity contribution in [3.8, 4) is 0 Å². The highest BCUT2D eigenvalue weighted by atomic mass is 35.5. The summed E-state index contributed by atoms with van der Waals surface area (Å²) >= 11 is 7.64. The molecule has 3 rings (SSSR count). The summed E-state index contributed by atoms with van der Waals surface area (Å²) in [5.74, 6) is 0.464. The number of anilines is 1. The van der Waals surface area contributed by atoms with E-state index in [2.05, 4.69) is 29.0 Å². The molecule has 0 saturated heterocycles. The van der Waals surface area contributed by atoms with Gasteiger partial charge in [-0.25, -0.2) is 9.97 Å². The number of aryl methyl sites for hydroxylation is 1. The molecule has 0 aromatic carbocycles. The molecule has 0 bridgehead atoms. The molecule has 3 heterocycles. The number of thiophene rings is 1. The fourth-order valence-electron chi connectivity index (χ4n) is 1.89. The van der Waals surface area contributed by atoms with Gasteiger partial charge in [0.1, 0.15) is 5.52 Å². The van der Waals surface area contributed by atoms with Gasteiger partial charge in [-0.2, -0.15) is 0 Å². The quantitative estimate of drug-likeness (QED) is 0.784. The first-order chi connectivity index (χ1) is 8.63. The average Bonchev–Trinajstić information content (AvgIpc) is 2.84. The van der Waals surface area contributed by atoms with Gasteiger partial charge < -0.3 is 5.73 Å². The number of halogens is 1. The van der Waals surface area contributed by atoms with Gasteiger partial charge in [-0.15, -0.1) is 11.3 Å². The molecule has 18 heavy (non-hydrogen) atoms. The maximum Gasteiger partial charge on any atom is 0.202 e. The van der Waals surface area contributed by atoms with Crippen LogP contribution >= 0.6 is 22.9 Å². The fraction of sp³-hybridized carbons (Fsp3) is 0.167.